The maximum absolute atomic E-state index is 11.9. The molecule has 2 aromatic rings. The van der Waals surface area contributed by atoms with Gasteiger partial charge in [0, 0.05) is 17.4 Å². The number of nitrogens with one attached hydrogen (secondary N) is 1. The van der Waals surface area contributed by atoms with Crippen molar-refractivity contribution in [3.8, 4) is 5.75 Å². The summed E-state index contributed by atoms with van der Waals surface area (Å²) < 4.78 is 1.65. The first kappa shape index (κ1) is 13.1. The van der Waals surface area contributed by atoms with Crippen LogP contribution < -0.4 is 5.32 Å². The molecule has 1 amide bonds. The molecule has 5 heteroatoms. The van der Waals surface area contributed by atoms with E-state index in [0.29, 0.717) is 5.69 Å². The number of nitrogens with zero attached hydrogens (tertiary/aromatic N) is 2. The molecule has 0 fully saturated rings. The number of rotatable bonds is 3. The van der Waals surface area contributed by atoms with Crippen molar-refractivity contribution in [3.63, 3.8) is 0 Å². The van der Waals surface area contributed by atoms with Gasteiger partial charge in [0.2, 0.25) is 5.91 Å². The van der Waals surface area contributed by atoms with E-state index in [1.54, 1.807) is 23.7 Å². The number of phenols is 1. The molecule has 0 radical (unpaired) electrons. The van der Waals surface area contributed by atoms with Crippen LogP contribution in [0, 0.1) is 20.8 Å². The van der Waals surface area contributed by atoms with E-state index < -0.39 is 0 Å². The fraction of sp³-hybridized carbons (Fsp3) is 0.286. The Kier molecular flexibility index (Phi) is 3.55. The normalized spacial score (nSPS) is 10.5. The average molecular weight is 259 g/mol. The van der Waals surface area contributed by atoms with Gasteiger partial charge < -0.3 is 10.4 Å². The van der Waals surface area contributed by atoms with Crippen molar-refractivity contribution in [1.29, 1.82) is 0 Å². The van der Waals surface area contributed by atoms with E-state index in [4.69, 9.17) is 0 Å². The summed E-state index contributed by atoms with van der Waals surface area (Å²) in [5.74, 6) is -0.00151. The maximum Gasteiger partial charge on any atom is 0.246 e. The zero-order valence-electron chi connectivity index (χ0n) is 11.3. The third-order valence-electron chi connectivity index (χ3n) is 2.89. The molecule has 0 spiro atoms. The Morgan fingerprint density at radius 3 is 2.63 bits per heavy atom. The third-order valence-corrected chi connectivity index (χ3v) is 2.89. The number of carbonyl (C=O) groups is 1. The first-order valence-corrected chi connectivity index (χ1v) is 6.06. The monoisotopic (exact) mass is 259 g/mol. The molecule has 0 saturated carbocycles. The van der Waals surface area contributed by atoms with Gasteiger partial charge in [-0.1, -0.05) is 6.07 Å². The van der Waals surface area contributed by atoms with E-state index in [1.807, 2.05) is 19.9 Å². The molecule has 0 aliphatic heterocycles. The highest BCUT2D eigenvalue weighted by Crippen LogP contribution is 2.20. The number of aromatic hydroxyl groups is 1. The fourth-order valence-corrected chi connectivity index (χ4v) is 1.86. The second-order valence-corrected chi connectivity index (χ2v) is 4.63. The Hall–Kier alpha value is -2.30. The highest BCUT2D eigenvalue weighted by molar-refractivity contribution is 5.90. The van der Waals surface area contributed by atoms with Gasteiger partial charge in [-0.15, -0.1) is 0 Å². The molecular weight excluding hydrogens is 242 g/mol. The number of phenolic OH excluding ortho intramolecular Hbond substituents is 1. The molecule has 5 nitrogen and oxygen atoms in total. The maximum atomic E-state index is 11.9. The number of carbonyl (C=O) groups excluding carboxylic acids is 1. The van der Waals surface area contributed by atoms with Crippen molar-refractivity contribution in [2.75, 3.05) is 5.32 Å². The van der Waals surface area contributed by atoms with Crippen LogP contribution in [0.3, 0.4) is 0 Å². The van der Waals surface area contributed by atoms with Crippen LogP contribution >= 0.6 is 0 Å². The standard InChI is InChI=1S/C14H17N3O2/c1-9-4-5-12(7-13(9)18)15-14(19)8-17-11(3)6-10(2)16-17/h4-7,18H,8H2,1-3H3,(H,15,19). The minimum Gasteiger partial charge on any atom is -0.508 e. The van der Waals surface area contributed by atoms with Gasteiger partial charge in [-0.05, 0) is 38.5 Å². The highest BCUT2D eigenvalue weighted by atomic mass is 16.3. The number of aromatic nitrogens is 2. The Morgan fingerprint density at radius 2 is 2.05 bits per heavy atom. The highest BCUT2D eigenvalue weighted by Gasteiger charge is 2.08. The summed E-state index contributed by atoms with van der Waals surface area (Å²) in [7, 11) is 0. The summed E-state index contributed by atoms with van der Waals surface area (Å²) in [6, 6.07) is 6.97. The van der Waals surface area contributed by atoms with Gasteiger partial charge in [-0.3, -0.25) is 9.48 Å². The predicted molar refractivity (Wildman–Crippen MR) is 73.2 cm³/mol. The minimum absolute atomic E-state index is 0.161. The lowest BCUT2D eigenvalue weighted by atomic mass is 10.2. The average Bonchev–Trinajstić information content (AvgIpc) is 2.62. The van der Waals surface area contributed by atoms with Crippen LogP contribution in [-0.2, 0) is 11.3 Å². The van der Waals surface area contributed by atoms with Crippen molar-refractivity contribution >= 4 is 11.6 Å². The molecule has 1 aromatic carbocycles. The van der Waals surface area contributed by atoms with Crippen molar-refractivity contribution in [2.24, 2.45) is 0 Å². The van der Waals surface area contributed by atoms with Gasteiger partial charge in [0.25, 0.3) is 0 Å². The molecule has 100 valence electrons. The zero-order chi connectivity index (χ0) is 14.0. The predicted octanol–water partition coefficient (Wildman–Crippen LogP) is 2.15. The molecule has 2 N–H and O–H groups in total. The lowest BCUT2D eigenvalue weighted by Gasteiger charge is -2.08. The number of benzene rings is 1. The van der Waals surface area contributed by atoms with Gasteiger partial charge in [0.15, 0.2) is 0 Å². The van der Waals surface area contributed by atoms with E-state index in [0.717, 1.165) is 17.0 Å². The zero-order valence-corrected chi connectivity index (χ0v) is 11.3. The van der Waals surface area contributed by atoms with E-state index >= 15 is 0 Å². The summed E-state index contributed by atoms with van der Waals surface area (Å²) in [4.78, 5) is 11.9. The molecule has 0 atom stereocenters. The van der Waals surface area contributed by atoms with E-state index in [1.165, 1.54) is 6.07 Å². The lowest BCUT2D eigenvalue weighted by molar-refractivity contribution is -0.116. The van der Waals surface area contributed by atoms with Gasteiger partial charge >= 0.3 is 0 Å². The second-order valence-electron chi connectivity index (χ2n) is 4.63. The Balaban J connectivity index is 2.05. The molecule has 2 rings (SSSR count). The van der Waals surface area contributed by atoms with Gasteiger partial charge in [-0.25, -0.2) is 0 Å². The number of aryl methyl sites for hydroxylation is 3. The molecule has 0 unspecified atom stereocenters. The van der Waals surface area contributed by atoms with Gasteiger partial charge in [-0.2, -0.15) is 5.10 Å². The SMILES string of the molecule is Cc1cc(C)n(CC(=O)Nc2ccc(C)c(O)c2)n1. The van der Waals surface area contributed by atoms with Crippen LogP contribution in [-0.4, -0.2) is 20.8 Å². The quantitative estimate of drug-likeness (QED) is 0.887. The smallest absolute Gasteiger partial charge is 0.246 e. The van der Waals surface area contributed by atoms with Gasteiger partial charge in [0.1, 0.15) is 12.3 Å². The van der Waals surface area contributed by atoms with E-state index in [-0.39, 0.29) is 18.2 Å². The van der Waals surface area contributed by atoms with E-state index in [2.05, 4.69) is 10.4 Å². The van der Waals surface area contributed by atoms with Crippen LogP contribution in [0.5, 0.6) is 5.75 Å². The number of anilines is 1. The molecule has 1 heterocycles. The second kappa shape index (κ2) is 5.14. The topological polar surface area (TPSA) is 67.2 Å². The van der Waals surface area contributed by atoms with Crippen LogP contribution in [0.4, 0.5) is 5.69 Å². The van der Waals surface area contributed by atoms with E-state index in [9.17, 15) is 9.90 Å². The van der Waals surface area contributed by atoms with Crippen molar-refractivity contribution < 1.29 is 9.90 Å². The molecule has 19 heavy (non-hydrogen) atoms. The first-order valence-electron chi connectivity index (χ1n) is 6.06. The van der Waals surface area contributed by atoms with Crippen LogP contribution in [0.1, 0.15) is 17.0 Å². The largest absolute Gasteiger partial charge is 0.508 e. The van der Waals surface area contributed by atoms with Crippen molar-refractivity contribution in [2.45, 2.75) is 27.3 Å². The van der Waals surface area contributed by atoms with Crippen LogP contribution in [0.2, 0.25) is 0 Å². The minimum atomic E-state index is -0.172. The Labute approximate surface area is 111 Å². The Morgan fingerprint density at radius 1 is 1.32 bits per heavy atom. The summed E-state index contributed by atoms with van der Waals surface area (Å²) in [6.45, 7) is 5.76. The summed E-state index contributed by atoms with van der Waals surface area (Å²) in [6.07, 6.45) is 0. The molecule has 0 saturated heterocycles. The first-order chi connectivity index (χ1) is 8.95. The van der Waals surface area contributed by atoms with Crippen molar-refractivity contribution in [1.82, 2.24) is 9.78 Å². The fourth-order valence-electron chi connectivity index (χ4n) is 1.86. The molecule has 1 aromatic heterocycles. The lowest BCUT2D eigenvalue weighted by Crippen LogP contribution is -2.20. The number of hydrogen-bond acceptors (Lipinski definition) is 3. The summed E-state index contributed by atoms with van der Waals surface area (Å²) in [5.41, 5.74) is 3.18. The number of hydrogen-bond donors (Lipinski definition) is 2. The third kappa shape index (κ3) is 3.13. The van der Waals surface area contributed by atoms with Crippen LogP contribution in [0.25, 0.3) is 0 Å². The van der Waals surface area contributed by atoms with Crippen molar-refractivity contribution in [3.05, 3.63) is 41.2 Å². The molecule has 0 aliphatic rings. The summed E-state index contributed by atoms with van der Waals surface area (Å²) >= 11 is 0. The molecule has 0 bridgehead atoms. The molecular formula is C14H17N3O2. The number of amides is 1. The Bertz CT molecular complexity index is 617. The van der Waals surface area contributed by atoms with Gasteiger partial charge in [0.05, 0.1) is 5.69 Å². The van der Waals surface area contributed by atoms with Crippen LogP contribution in [0.15, 0.2) is 24.3 Å². The summed E-state index contributed by atoms with van der Waals surface area (Å²) in [5, 5.41) is 16.5. The molecule has 0 aliphatic carbocycles.